The second-order valence-electron chi connectivity index (χ2n) is 9.80. The van der Waals surface area contributed by atoms with E-state index in [9.17, 15) is 9.59 Å². The first-order valence-electron chi connectivity index (χ1n) is 13.4. The average Bonchev–Trinajstić information content (AvgIpc) is 3.55. The van der Waals surface area contributed by atoms with E-state index in [1.807, 2.05) is 29.2 Å². The van der Waals surface area contributed by atoms with Gasteiger partial charge in [0, 0.05) is 18.7 Å². The Kier molecular flexibility index (Phi) is 7.91. The van der Waals surface area contributed by atoms with Gasteiger partial charge in [0.25, 0.3) is 0 Å². The molecule has 2 aromatic carbocycles. The van der Waals surface area contributed by atoms with Crippen LogP contribution in [0.25, 0.3) is 0 Å². The summed E-state index contributed by atoms with van der Waals surface area (Å²) in [5, 5.41) is 8.31. The van der Waals surface area contributed by atoms with Crippen molar-refractivity contribution >= 4 is 17.6 Å². The van der Waals surface area contributed by atoms with Gasteiger partial charge in [-0.05, 0) is 80.3 Å². The van der Waals surface area contributed by atoms with Crippen LogP contribution < -0.4 is 14.4 Å². The van der Waals surface area contributed by atoms with Crippen LogP contribution in [0.4, 0.5) is 5.69 Å². The van der Waals surface area contributed by atoms with Crippen LogP contribution in [-0.2, 0) is 16.1 Å². The Hall–Kier alpha value is -3.88. The van der Waals surface area contributed by atoms with Crippen molar-refractivity contribution in [2.24, 2.45) is 0 Å². The molecule has 1 aliphatic carbocycles. The van der Waals surface area contributed by atoms with Crippen LogP contribution in [0.1, 0.15) is 73.0 Å². The molecule has 0 unspecified atom stereocenters. The maximum absolute atomic E-state index is 12.6. The van der Waals surface area contributed by atoms with Crippen LogP contribution in [0.2, 0.25) is 0 Å². The second kappa shape index (κ2) is 11.7. The fourth-order valence-corrected chi connectivity index (χ4v) is 5.28. The average molecular weight is 519 g/mol. The number of nitrogens with zero attached hydrogens (tertiary/aromatic N) is 4. The third-order valence-electron chi connectivity index (χ3n) is 7.35. The first-order chi connectivity index (χ1) is 18.6. The molecule has 2 heterocycles. The molecule has 1 amide bonds. The highest BCUT2D eigenvalue weighted by molar-refractivity contribution is 5.95. The van der Waals surface area contributed by atoms with E-state index in [1.54, 1.807) is 18.7 Å². The molecule has 0 spiro atoms. The van der Waals surface area contributed by atoms with E-state index in [0.29, 0.717) is 24.8 Å². The van der Waals surface area contributed by atoms with E-state index < -0.39 is 5.97 Å². The zero-order valence-corrected chi connectivity index (χ0v) is 22.0. The zero-order chi connectivity index (χ0) is 26.5. The lowest BCUT2D eigenvalue weighted by atomic mass is 9.82. The quantitative estimate of drug-likeness (QED) is 0.378. The Morgan fingerprint density at radius 3 is 2.39 bits per heavy atom. The molecule has 0 N–H and O–H groups in total. The molecule has 9 nitrogen and oxygen atoms in total. The molecule has 1 aliphatic heterocycles. The topological polar surface area (TPSA) is 95.8 Å². The first-order valence-corrected chi connectivity index (χ1v) is 13.4. The van der Waals surface area contributed by atoms with Crippen LogP contribution >= 0.6 is 0 Å². The summed E-state index contributed by atoms with van der Waals surface area (Å²) in [5.74, 6) is 1.23. The summed E-state index contributed by atoms with van der Waals surface area (Å²) in [6, 6.07) is 16.1. The lowest BCUT2D eigenvalue weighted by molar-refractivity contribution is -0.117. The van der Waals surface area contributed by atoms with Gasteiger partial charge in [-0.1, -0.05) is 29.5 Å². The van der Waals surface area contributed by atoms with Crippen LogP contribution in [0, 0.1) is 0 Å². The maximum Gasteiger partial charge on any atom is 0.364 e. The normalized spacial score (nSPS) is 19.4. The van der Waals surface area contributed by atoms with Crippen molar-refractivity contribution in [2.75, 3.05) is 25.2 Å². The number of anilines is 1. The summed E-state index contributed by atoms with van der Waals surface area (Å²) in [6.45, 7) is 3.22. The maximum atomic E-state index is 12.6. The molecule has 1 saturated heterocycles. The highest BCUT2D eigenvalue weighted by atomic mass is 16.5. The molecular weight excluding hydrogens is 484 g/mol. The number of rotatable bonds is 9. The molecule has 1 aromatic heterocycles. The Morgan fingerprint density at radius 1 is 1.03 bits per heavy atom. The molecule has 9 heteroatoms. The summed E-state index contributed by atoms with van der Waals surface area (Å²) in [4.78, 5) is 26.5. The minimum atomic E-state index is -0.534. The van der Waals surface area contributed by atoms with E-state index in [4.69, 9.17) is 14.2 Å². The fraction of sp³-hybridized carbons (Fsp3) is 0.448. The van der Waals surface area contributed by atoms with Crippen molar-refractivity contribution in [3.05, 3.63) is 65.4 Å². The summed E-state index contributed by atoms with van der Waals surface area (Å²) >= 11 is 0. The molecule has 0 radical (unpaired) electrons. The van der Waals surface area contributed by atoms with Gasteiger partial charge in [0.05, 0.1) is 20.3 Å². The van der Waals surface area contributed by atoms with Crippen molar-refractivity contribution < 1.29 is 23.8 Å². The van der Waals surface area contributed by atoms with Crippen LogP contribution in [-0.4, -0.2) is 53.2 Å². The minimum Gasteiger partial charge on any atom is -0.497 e. The zero-order valence-electron chi connectivity index (χ0n) is 22.0. The van der Waals surface area contributed by atoms with E-state index in [-0.39, 0.29) is 24.3 Å². The lowest BCUT2D eigenvalue weighted by Gasteiger charge is -2.29. The van der Waals surface area contributed by atoms with Gasteiger partial charge in [0.15, 0.2) is 0 Å². The summed E-state index contributed by atoms with van der Waals surface area (Å²) < 4.78 is 18.5. The largest absolute Gasteiger partial charge is 0.497 e. The van der Waals surface area contributed by atoms with Gasteiger partial charge in [-0.25, -0.2) is 9.48 Å². The van der Waals surface area contributed by atoms with E-state index in [1.165, 1.54) is 5.56 Å². The number of aromatic nitrogens is 3. The van der Waals surface area contributed by atoms with E-state index >= 15 is 0 Å². The van der Waals surface area contributed by atoms with Crippen molar-refractivity contribution in [1.29, 1.82) is 0 Å². The van der Waals surface area contributed by atoms with Gasteiger partial charge in [0.1, 0.15) is 11.9 Å². The smallest absolute Gasteiger partial charge is 0.364 e. The van der Waals surface area contributed by atoms with Gasteiger partial charge >= 0.3 is 5.97 Å². The number of hydrogen-bond donors (Lipinski definition) is 0. The van der Waals surface area contributed by atoms with Gasteiger partial charge in [-0.2, -0.15) is 0 Å². The predicted octanol–water partition coefficient (Wildman–Crippen LogP) is 4.74. The molecule has 2 fully saturated rings. The SMILES string of the molecule is CCOC(=O)c1nnn(Cc2ccc(OC)cc2)c1O[C@H]1CC[C@H](c2ccc(N3CCCC3=O)cc2)CC1. The number of carbonyl (C=O) groups excluding carboxylic acids is 2. The van der Waals surface area contributed by atoms with Gasteiger partial charge in [-0.3, -0.25) is 4.79 Å². The monoisotopic (exact) mass is 518 g/mol. The van der Waals surface area contributed by atoms with E-state index in [2.05, 4.69) is 34.6 Å². The highest BCUT2D eigenvalue weighted by Gasteiger charge is 2.29. The number of benzene rings is 2. The molecule has 200 valence electrons. The third-order valence-corrected chi connectivity index (χ3v) is 7.35. The fourth-order valence-electron chi connectivity index (χ4n) is 5.28. The minimum absolute atomic E-state index is 0.0472. The van der Waals surface area contributed by atoms with Crippen LogP contribution in [0.3, 0.4) is 0 Å². The second-order valence-corrected chi connectivity index (χ2v) is 9.80. The number of hydrogen-bond acceptors (Lipinski definition) is 7. The number of carbonyl (C=O) groups is 2. The van der Waals surface area contributed by atoms with Crippen LogP contribution in [0.5, 0.6) is 11.6 Å². The van der Waals surface area contributed by atoms with Crippen molar-refractivity contribution in [3.8, 4) is 11.6 Å². The Morgan fingerprint density at radius 2 is 1.76 bits per heavy atom. The molecule has 0 atom stereocenters. The van der Waals surface area contributed by atoms with Gasteiger partial charge < -0.3 is 19.1 Å². The molecule has 0 bridgehead atoms. The number of ether oxygens (including phenoxy) is 3. The summed E-state index contributed by atoms with van der Waals surface area (Å²) in [7, 11) is 1.63. The van der Waals surface area contributed by atoms with Crippen molar-refractivity contribution in [2.45, 2.75) is 64.0 Å². The predicted molar refractivity (Wildman–Crippen MR) is 142 cm³/mol. The Balaban J connectivity index is 1.25. The van der Waals surface area contributed by atoms with Crippen LogP contribution in [0.15, 0.2) is 48.5 Å². The summed E-state index contributed by atoms with van der Waals surface area (Å²) in [6.07, 6.45) is 5.17. The van der Waals surface area contributed by atoms with Crippen molar-refractivity contribution in [3.63, 3.8) is 0 Å². The number of amides is 1. The van der Waals surface area contributed by atoms with Crippen molar-refractivity contribution in [1.82, 2.24) is 15.0 Å². The molecule has 2 aliphatic rings. The molecule has 1 saturated carbocycles. The molecule has 38 heavy (non-hydrogen) atoms. The Labute approximate surface area is 222 Å². The van der Waals surface area contributed by atoms with E-state index in [0.717, 1.165) is 55.6 Å². The van der Waals surface area contributed by atoms with Gasteiger partial charge in [0.2, 0.25) is 17.5 Å². The highest BCUT2D eigenvalue weighted by Crippen LogP contribution is 2.36. The Bertz CT molecular complexity index is 1250. The number of esters is 1. The van der Waals surface area contributed by atoms with Gasteiger partial charge in [-0.15, -0.1) is 5.10 Å². The molecule has 3 aromatic rings. The standard InChI is InChI=1S/C29H34N4O5/c1-3-37-29(35)27-28(33(31-30-27)19-20-6-14-24(36-2)15-7-20)38-25-16-10-22(11-17-25)21-8-12-23(13-9-21)32-18-4-5-26(32)34/h6-9,12-15,22,25H,3-5,10-11,16-19H2,1-2H3/t22-,25-. The lowest BCUT2D eigenvalue weighted by Crippen LogP contribution is -2.26. The summed E-state index contributed by atoms with van der Waals surface area (Å²) in [5.41, 5.74) is 3.36. The first kappa shape index (κ1) is 25.8. The third kappa shape index (κ3) is 5.66. The molecule has 5 rings (SSSR count). The molecular formula is C29H34N4O5. The number of methoxy groups -OCH3 is 1.